The third-order valence-electron chi connectivity index (χ3n) is 9.98. The van der Waals surface area contributed by atoms with Crippen molar-refractivity contribution in [2.75, 3.05) is 10.1 Å². The standard InChI is InChI=1S/C40H54N6O4/c1-37(2)23-31(24-38(3,4)41-37)45(29-11-13-33-27(21-29)17-19-43(33)9)49-35(47)15-16-36(48)50-46(32-25-39(5,6)42-40(7,8)26-32)30-12-14-34-28(22-30)18-20-44(34)10/h11-22,31-32,41-42H,23-26H2,1-10H3/b16-15+. The van der Waals surface area contributed by atoms with Crippen molar-refractivity contribution in [2.24, 2.45) is 14.1 Å². The molecule has 2 aromatic carbocycles. The number of aromatic nitrogens is 2. The molecule has 268 valence electrons. The minimum Gasteiger partial charge on any atom is -0.351 e. The highest BCUT2D eigenvalue weighted by Gasteiger charge is 2.43. The van der Waals surface area contributed by atoms with Gasteiger partial charge in [-0.05, 0) is 130 Å². The van der Waals surface area contributed by atoms with Crippen molar-refractivity contribution in [3.63, 3.8) is 0 Å². The Balaban J connectivity index is 1.25. The molecule has 2 aliphatic heterocycles. The maximum Gasteiger partial charge on any atom is 0.356 e. The van der Waals surface area contributed by atoms with E-state index in [1.165, 1.54) is 12.2 Å². The molecule has 0 spiro atoms. The van der Waals surface area contributed by atoms with Gasteiger partial charge >= 0.3 is 11.9 Å². The summed E-state index contributed by atoms with van der Waals surface area (Å²) in [6.07, 6.45) is 9.40. The van der Waals surface area contributed by atoms with Gasteiger partial charge in [0, 0.05) is 82.6 Å². The molecule has 0 aliphatic carbocycles. The lowest BCUT2D eigenvalue weighted by Crippen LogP contribution is -2.62. The van der Waals surface area contributed by atoms with E-state index < -0.39 is 11.9 Å². The number of benzene rings is 2. The summed E-state index contributed by atoms with van der Waals surface area (Å²) in [4.78, 5) is 39.3. The summed E-state index contributed by atoms with van der Waals surface area (Å²) in [6.45, 7) is 17.4. The number of carbonyl (C=O) groups excluding carboxylic acids is 2. The van der Waals surface area contributed by atoms with E-state index in [0.29, 0.717) is 0 Å². The van der Waals surface area contributed by atoms with E-state index >= 15 is 0 Å². The van der Waals surface area contributed by atoms with Crippen molar-refractivity contribution in [1.29, 1.82) is 0 Å². The third-order valence-corrected chi connectivity index (χ3v) is 9.98. The van der Waals surface area contributed by atoms with Crippen LogP contribution in [0.25, 0.3) is 21.8 Å². The average molecular weight is 683 g/mol. The summed E-state index contributed by atoms with van der Waals surface area (Å²) in [7, 11) is 4.02. The smallest absolute Gasteiger partial charge is 0.351 e. The normalized spacial score (nSPS) is 20.3. The van der Waals surface area contributed by atoms with E-state index in [-0.39, 0.29) is 34.2 Å². The molecule has 4 heterocycles. The van der Waals surface area contributed by atoms with E-state index in [9.17, 15) is 9.59 Å². The molecule has 2 fully saturated rings. The SMILES string of the molecule is Cn1ccc2cc(N(OC(=O)/C=C/C(=O)ON(c3ccc4c(ccn4C)c3)C3CC(C)(C)NC(C)(C)C3)C3CC(C)(C)NC(C)(C)C3)ccc21. The quantitative estimate of drug-likeness (QED) is 0.151. The monoisotopic (exact) mass is 682 g/mol. The molecule has 0 saturated carbocycles. The molecule has 50 heavy (non-hydrogen) atoms. The fraction of sp³-hybridized carbons (Fsp3) is 0.500. The first kappa shape index (κ1) is 35.5. The second-order valence-corrected chi connectivity index (χ2v) is 17.1. The zero-order valence-corrected chi connectivity index (χ0v) is 31.3. The number of nitrogens with zero attached hydrogens (tertiary/aromatic N) is 4. The van der Waals surface area contributed by atoms with Crippen LogP contribution in [-0.2, 0) is 33.4 Å². The maximum absolute atomic E-state index is 13.5. The lowest BCUT2D eigenvalue weighted by atomic mass is 9.79. The molecular weight excluding hydrogens is 628 g/mol. The van der Waals surface area contributed by atoms with Gasteiger partial charge in [0.05, 0.1) is 23.5 Å². The lowest BCUT2D eigenvalue weighted by Gasteiger charge is -2.49. The van der Waals surface area contributed by atoms with Crippen LogP contribution in [0.2, 0.25) is 0 Å². The first-order chi connectivity index (χ1) is 23.3. The van der Waals surface area contributed by atoms with Gasteiger partial charge in [-0.2, -0.15) is 0 Å². The molecule has 2 aliphatic rings. The largest absolute Gasteiger partial charge is 0.356 e. The number of rotatable bonds is 8. The van der Waals surface area contributed by atoms with Crippen molar-refractivity contribution in [1.82, 2.24) is 19.8 Å². The number of piperidine rings is 2. The van der Waals surface area contributed by atoms with Crippen LogP contribution < -0.4 is 20.8 Å². The van der Waals surface area contributed by atoms with Crippen LogP contribution in [0.1, 0.15) is 81.1 Å². The predicted octanol–water partition coefficient (Wildman–Crippen LogP) is 7.07. The Kier molecular flexibility index (Phi) is 9.10. The van der Waals surface area contributed by atoms with Crippen molar-refractivity contribution in [3.8, 4) is 0 Å². The van der Waals surface area contributed by atoms with Gasteiger partial charge in [-0.1, -0.05) is 0 Å². The van der Waals surface area contributed by atoms with Crippen LogP contribution in [-0.4, -0.2) is 55.3 Å². The van der Waals surface area contributed by atoms with Gasteiger partial charge in [0.1, 0.15) is 0 Å². The molecule has 10 nitrogen and oxygen atoms in total. The molecular formula is C40H54N6O4. The summed E-state index contributed by atoms with van der Waals surface area (Å²) in [5.41, 5.74) is 3.01. The molecule has 6 rings (SSSR count). The van der Waals surface area contributed by atoms with Crippen LogP contribution in [0.15, 0.2) is 73.1 Å². The topological polar surface area (TPSA) is 93.0 Å². The summed E-state index contributed by atoms with van der Waals surface area (Å²) < 4.78 is 4.13. The summed E-state index contributed by atoms with van der Waals surface area (Å²) in [6, 6.07) is 16.1. The Morgan fingerprint density at radius 1 is 0.620 bits per heavy atom. The molecule has 10 heteroatoms. The van der Waals surface area contributed by atoms with Gasteiger partial charge < -0.3 is 29.4 Å². The Morgan fingerprint density at radius 3 is 1.30 bits per heavy atom. The fourth-order valence-corrected chi connectivity index (χ4v) is 8.75. The Labute approximate surface area is 296 Å². The number of aryl methyl sites for hydroxylation is 2. The number of hydrogen-bond acceptors (Lipinski definition) is 8. The minimum atomic E-state index is -0.648. The van der Waals surface area contributed by atoms with E-state index in [1.54, 1.807) is 10.1 Å². The molecule has 0 unspecified atom stereocenters. The Hall–Kier alpha value is -4.28. The Morgan fingerprint density at radius 2 is 0.960 bits per heavy atom. The number of anilines is 2. The number of hydroxylamine groups is 2. The number of hydrogen-bond donors (Lipinski definition) is 2. The summed E-state index contributed by atoms with van der Waals surface area (Å²) in [5, 5.41) is 13.0. The second kappa shape index (κ2) is 12.8. The molecule has 0 amide bonds. The van der Waals surface area contributed by atoms with Gasteiger partial charge in [-0.3, -0.25) is 0 Å². The first-order valence-electron chi connectivity index (χ1n) is 17.7. The zero-order chi connectivity index (χ0) is 36.2. The highest BCUT2D eigenvalue weighted by atomic mass is 16.7. The van der Waals surface area contributed by atoms with Gasteiger partial charge in [0.2, 0.25) is 0 Å². The first-order valence-corrected chi connectivity index (χ1v) is 17.7. The van der Waals surface area contributed by atoms with Gasteiger partial charge in [-0.15, -0.1) is 0 Å². The molecule has 0 atom stereocenters. The lowest BCUT2D eigenvalue weighted by molar-refractivity contribution is -0.143. The fourth-order valence-electron chi connectivity index (χ4n) is 8.75. The molecule has 2 N–H and O–H groups in total. The van der Waals surface area contributed by atoms with Crippen LogP contribution in [0.4, 0.5) is 11.4 Å². The van der Waals surface area contributed by atoms with E-state index in [4.69, 9.17) is 9.68 Å². The molecule has 2 saturated heterocycles. The Bertz CT molecular complexity index is 1760. The minimum absolute atomic E-state index is 0.0956. The van der Waals surface area contributed by atoms with Crippen molar-refractivity contribution in [3.05, 3.63) is 73.1 Å². The van der Waals surface area contributed by atoms with Crippen molar-refractivity contribution >= 4 is 45.1 Å². The maximum atomic E-state index is 13.5. The van der Waals surface area contributed by atoms with Crippen LogP contribution in [0, 0.1) is 0 Å². The molecule has 0 bridgehead atoms. The molecule has 0 radical (unpaired) electrons. The van der Waals surface area contributed by atoms with E-state index in [1.807, 2.05) is 62.9 Å². The van der Waals surface area contributed by atoms with Gasteiger partial charge in [-0.25, -0.2) is 19.7 Å². The number of nitrogens with one attached hydrogen (secondary N) is 2. The highest BCUT2D eigenvalue weighted by molar-refractivity contribution is 5.93. The highest BCUT2D eigenvalue weighted by Crippen LogP contribution is 2.37. The second-order valence-electron chi connectivity index (χ2n) is 17.1. The van der Waals surface area contributed by atoms with Gasteiger partial charge in [0.15, 0.2) is 0 Å². The van der Waals surface area contributed by atoms with Crippen molar-refractivity contribution < 1.29 is 19.3 Å². The van der Waals surface area contributed by atoms with Crippen LogP contribution in [0.3, 0.4) is 0 Å². The summed E-state index contributed by atoms with van der Waals surface area (Å²) >= 11 is 0. The summed E-state index contributed by atoms with van der Waals surface area (Å²) in [5.74, 6) is -1.30. The van der Waals surface area contributed by atoms with E-state index in [2.05, 4.69) is 87.3 Å². The molecule has 2 aromatic heterocycles. The number of fused-ring (bicyclic) bond motifs is 2. The van der Waals surface area contributed by atoms with Crippen LogP contribution >= 0.6 is 0 Å². The van der Waals surface area contributed by atoms with Crippen LogP contribution in [0.5, 0.6) is 0 Å². The predicted molar refractivity (Wildman–Crippen MR) is 201 cm³/mol. The van der Waals surface area contributed by atoms with Crippen molar-refractivity contribution in [2.45, 2.75) is 115 Å². The average Bonchev–Trinajstić information content (AvgIpc) is 3.55. The third kappa shape index (κ3) is 7.87. The van der Waals surface area contributed by atoms with Gasteiger partial charge in [0.25, 0.3) is 0 Å². The number of carbonyl (C=O) groups is 2. The molecule has 4 aromatic rings. The van der Waals surface area contributed by atoms with E-state index in [0.717, 1.165) is 58.9 Å². The zero-order valence-electron chi connectivity index (χ0n) is 31.3.